The fourth-order valence-electron chi connectivity index (χ4n) is 1.02. The van der Waals surface area contributed by atoms with Crippen LogP contribution in [0, 0.1) is 0 Å². The van der Waals surface area contributed by atoms with Crippen LogP contribution in [-0.2, 0) is 14.9 Å². The number of anilines is 1. The maximum atomic E-state index is 10.8. The third-order valence-electron chi connectivity index (χ3n) is 1.68. The Morgan fingerprint density at radius 2 is 2.13 bits per heavy atom. The van der Waals surface area contributed by atoms with Crippen molar-refractivity contribution in [2.75, 3.05) is 12.4 Å². The second-order valence-corrected chi connectivity index (χ2v) is 4.02. The lowest BCUT2D eigenvalue weighted by atomic mass is 10.3. The van der Waals surface area contributed by atoms with Gasteiger partial charge in [0.05, 0.1) is 17.7 Å². The fraction of sp³-hybridized carbons (Fsp3) is 0.125. The van der Waals surface area contributed by atoms with E-state index in [9.17, 15) is 13.2 Å². The molecule has 0 radical (unpaired) electrons. The van der Waals surface area contributed by atoms with Crippen molar-refractivity contribution < 1.29 is 22.5 Å². The molecular formula is C8H9NO5S. The standard InChI is InChI=1S/C8H9NO5S/c1-14-8-3-2-6(15(11,12)13)4-7(8)9-5-10/h2-5H,1H3,(H,9,10)(H,11,12,13). The molecule has 7 heteroatoms. The Hall–Kier alpha value is -1.60. The zero-order chi connectivity index (χ0) is 11.5. The average Bonchev–Trinajstić information content (AvgIpc) is 2.17. The summed E-state index contributed by atoms with van der Waals surface area (Å²) in [4.78, 5) is 9.91. The minimum Gasteiger partial charge on any atom is -0.495 e. The molecule has 0 saturated carbocycles. The third kappa shape index (κ3) is 2.67. The Kier molecular flexibility index (Phi) is 3.28. The van der Waals surface area contributed by atoms with Gasteiger partial charge in [0, 0.05) is 0 Å². The first-order valence-electron chi connectivity index (χ1n) is 3.84. The Labute approximate surface area is 86.6 Å². The molecule has 1 aromatic rings. The molecule has 1 amide bonds. The molecule has 0 aromatic heterocycles. The van der Waals surface area contributed by atoms with E-state index in [1.165, 1.54) is 19.2 Å². The Morgan fingerprint density at radius 3 is 2.60 bits per heavy atom. The molecule has 6 nitrogen and oxygen atoms in total. The quantitative estimate of drug-likeness (QED) is 0.581. The number of rotatable bonds is 4. The molecule has 1 aromatic carbocycles. The van der Waals surface area contributed by atoms with E-state index in [0.29, 0.717) is 12.2 Å². The highest BCUT2D eigenvalue weighted by molar-refractivity contribution is 7.85. The summed E-state index contributed by atoms with van der Waals surface area (Å²) in [7, 11) is -2.91. The number of carbonyl (C=O) groups excluding carboxylic acids is 1. The zero-order valence-electron chi connectivity index (χ0n) is 7.80. The summed E-state index contributed by atoms with van der Waals surface area (Å²) >= 11 is 0. The average molecular weight is 231 g/mol. The van der Waals surface area contributed by atoms with E-state index in [-0.39, 0.29) is 10.6 Å². The molecule has 2 N–H and O–H groups in total. The fourth-order valence-corrected chi connectivity index (χ4v) is 1.53. The van der Waals surface area contributed by atoms with Gasteiger partial charge in [-0.1, -0.05) is 0 Å². The largest absolute Gasteiger partial charge is 0.495 e. The molecule has 0 aliphatic rings. The van der Waals surface area contributed by atoms with Gasteiger partial charge in [-0.25, -0.2) is 0 Å². The van der Waals surface area contributed by atoms with Crippen molar-refractivity contribution in [3.63, 3.8) is 0 Å². The van der Waals surface area contributed by atoms with Gasteiger partial charge in [0.25, 0.3) is 10.1 Å². The van der Waals surface area contributed by atoms with E-state index in [1.54, 1.807) is 0 Å². The first-order chi connectivity index (χ1) is 6.99. The summed E-state index contributed by atoms with van der Waals surface area (Å²) in [5.74, 6) is 0.300. The summed E-state index contributed by atoms with van der Waals surface area (Å²) < 4.78 is 35.2. The van der Waals surface area contributed by atoms with E-state index in [2.05, 4.69) is 5.32 Å². The van der Waals surface area contributed by atoms with Gasteiger partial charge in [-0.05, 0) is 18.2 Å². The van der Waals surface area contributed by atoms with Crippen LogP contribution in [-0.4, -0.2) is 26.5 Å². The lowest BCUT2D eigenvalue weighted by Gasteiger charge is -2.07. The van der Waals surface area contributed by atoms with Crippen molar-refractivity contribution >= 4 is 22.2 Å². The number of carbonyl (C=O) groups is 1. The first-order valence-corrected chi connectivity index (χ1v) is 5.28. The van der Waals surface area contributed by atoms with Crippen molar-refractivity contribution in [1.29, 1.82) is 0 Å². The highest BCUT2D eigenvalue weighted by atomic mass is 32.2. The van der Waals surface area contributed by atoms with Crippen LogP contribution in [0.15, 0.2) is 23.1 Å². The van der Waals surface area contributed by atoms with Crippen molar-refractivity contribution in [1.82, 2.24) is 0 Å². The maximum absolute atomic E-state index is 10.8. The highest BCUT2D eigenvalue weighted by Crippen LogP contribution is 2.26. The van der Waals surface area contributed by atoms with Gasteiger partial charge >= 0.3 is 0 Å². The van der Waals surface area contributed by atoms with Gasteiger partial charge in [0.2, 0.25) is 6.41 Å². The van der Waals surface area contributed by atoms with Crippen LogP contribution >= 0.6 is 0 Å². The van der Waals surface area contributed by atoms with Crippen LogP contribution in [0.25, 0.3) is 0 Å². The summed E-state index contributed by atoms with van der Waals surface area (Å²) in [5, 5.41) is 2.26. The molecule has 0 aliphatic carbocycles. The number of hydrogen-bond donors (Lipinski definition) is 2. The second-order valence-electron chi connectivity index (χ2n) is 2.60. The molecule has 0 atom stereocenters. The number of nitrogens with one attached hydrogen (secondary N) is 1. The first kappa shape index (κ1) is 11.5. The van der Waals surface area contributed by atoms with Crippen LogP contribution in [0.4, 0.5) is 5.69 Å². The van der Waals surface area contributed by atoms with Gasteiger partial charge in [0.15, 0.2) is 0 Å². The smallest absolute Gasteiger partial charge is 0.294 e. The molecule has 0 heterocycles. The van der Waals surface area contributed by atoms with Gasteiger partial charge in [-0.2, -0.15) is 8.42 Å². The summed E-state index contributed by atoms with van der Waals surface area (Å²) in [6.45, 7) is 0. The van der Waals surface area contributed by atoms with Crippen LogP contribution in [0.3, 0.4) is 0 Å². The number of benzene rings is 1. The predicted octanol–water partition coefficient (Wildman–Crippen LogP) is 0.510. The van der Waals surface area contributed by atoms with Crippen LogP contribution in [0.1, 0.15) is 0 Å². The second kappa shape index (κ2) is 4.28. The third-order valence-corrected chi connectivity index (χ3v) is 2.53. The molecular weight excluding hydrogens is 222 g/mol. The van der Waals surface area contributed by atoms with E-state index in [4.69, 9.17) is 9.29 Å². The van der Waals surface area contributed by atoms with Gasteiger partial charge in [-0.15, -0.1) is 0 Å². The predicted molar refractivity (Wildman–Crippen MR) is 52.5 cm³/mol. The van der Waals surface area contributed by atoms with Crippen LogP contribution in [0.5, 0.6) is 5.75 Å². The normalized spacial score (nSPS) is 10.8. The molecule has 15 heavy (non-hydrogen) atoms. The van der Waals surface area contributed by atoms with Crippen molar-refractivity contribution in [3.8, 4) is 5.75 Å². The van der Waals surface area contributed by atoms with E-state index in [1.807, 2.05) is 0 Å². The summed E-state index contributed by atoms with van der Waals surface area (Å²) in [6.07, 6.45) is 0.381. The molecule has 82 valence electrons. The summed E-state index contributed by atoms with van der Waals surface area (Å²) in [6, 6.07) is 3.60. The molecule has 0 bridgehead atoms. The lowest BCUT2D eigenvalue weighted by molar-refractivity contribution is -0.105. The van der Waals surface area contributed by atoms with E-state index in [0.717, 1.165) is 6.07 Å². The molecule has 0 saturated heterocycles. The van der Waals surface area contributed by atoms with Gasteiger partial charge in [0.1, 0.15) is 5.75 Å². The lowest BCUT2D eigenvalue weighted by Crippen LogP contribution is -2.02. The monoisotopic (exact) mass is 231 g/mol. The molecule has 0 aliphatic heterocycles. The SMILES string of the molecule is COc1ccc(S(=O)(=O)O)cc1NC=O. The molecule has 0 spiro atoms. The number of methoxy groups -OCH3 is 1. The van der Waals surface area contributed by atoms with E-state index >= 15 is 0 Å². The maximum Gasteiger partial charge on any atom is 0.294 e. The topological polar surface area (TPSA) is 92.7 Å². The Balaban J connectivity index is 3.27. The molecule has 0 unspecified atom stereocenters. The summed E-state index contributed by atoms with van der Waals surface area (Å²) in [5.41, 5.74) is 0.169. The number of ether oxygens (including phenoxy) is 1. The van der Waals surface area contributed by atoms with Gasteiger partial charge in [-0.3, -0.25) is 9.35 Å². The van der Waals surface area contributed by atoms with Crippen molar-refractivity contribution in [2.24, 2.45) is 0 Å². The minimum absolute atomic E-state index is 0.169. The van der Waals surface area contributed by atoms with Crippen molar-refractivity contribution in [2.45, 2.75) is 4.90 Å². The minimum atomic E-state index is -4.28. The number of hydrogen-bond acceptors (Lipinski definition) is 4. The zero-order valence-corrected chi connectivity index (χ0v) is 8.61. The number of amides is 1. The Morgan fingerprint density at radius 1 is 1.47 bits per heavy atom. The van der Waals surface area contributed by atoms with E-state index < -0.39 is 10.1 Å². The van der Waals surface area contributed by atoms with Crippen LogP contribution < -0.4 is 10.1 Å². The molecule has 1 rings (SSSR count). The molecule has 0 fully saturated rings. The van der Waals surface area contributed by atoms with Crippen LogP contribution in [0.2, 0.25) is 0 Å². The Bertz CT molecular complexity index is 468. The van der Waals surface area contributed by atoms with Crippen molar-refractivity contribution in [3.05, 3.63) is 18.2 Å². The van der Waals surface area contributed by atoms with Gasteiger partial charge < -0.3 is 10.1 Å². The highest BCUT2D eigenvalue weighted by Gasteiger charge is 2.12.